The van der Waals surface area contributed by atoms with Gasteiger partial charge in [0.15, 0.2) is 15.6 Å². The molecule has 0 unspecified atom stereocenters. The molecule has 1 aromatic carbocycles. The minimum absolute atomic E-state index is 0.255. The molecule has 2 rings (SSSR count). The van der Waals surface area contributed by atoms with Crippen molar-refractivity contribution in [3.05, 3.63) is 52.2 Å². The topological polar surface area (TPSA) is 51.2 Å². The molecule has 112 valence electrons. The Kier molecular flexibility index (Phi) is 4.20. The van der Waals surface area contributed by atoms with Gasteiger partial charge in [0.25, 0.3) is 0 Å². The number of rotatable bonds is 4. The minimum Gasteiger partial charge on any atom is -0.292 e. The Balaban J connectivity index is 2.30. The van der Waals surface area contributed by atoms with E-state index in [1.807, 2.05) is 0 Å². The number of hydrogen-bond acceptors (Lipinski definition) is 4. The second-order valence-corrected chi connectivity index (χ2v) is 7.12. The Hall–Kier alpha value is -1.67. The maximum absolute atomic E-state index is 12.6. The number of hydrogen-bond donors (Lipinski definition) is 0. The van der Waals surface area contributed by atoms with Gasteiger partial charge in [-0.3, -0.25) is 4.79 Å². The van der Waals surface area contributed by atoms with Gasteiger partial charge in [-0.05, 0) is 29.6 Å². The molecule has 0 spiro atoms. The van der Waals surface area contributed by atoms with Crippen LogP contribution in [0.1, 0.15) is 15.2 Å². The van der Waals surface area contributed by atoms with Crippen LogP contribution < -0.4 is 0 Å². The Labute approximate surface area is 123 Å². The molecule has 0 aliphatic carbocycles. The maximum Gasteiger partial charge on any atom is 0.416 e. The van der Waals surface area contributed by atoms with Crippen LogP contribution in [0.3, 0.4) is 0 Å². The second-order valence-electron chi connectivity index (χ2n) is 4.19. The van der Waals surface area contributed by atoms with Crippen molar-refractivity contribution >= 4 is 27.0 Å². The molecule has 0 amide bonds. The van der Waals surface area contributed by atoms with E-state index >= 15 is 0 Å². The Morgan fingerprint density at radius 1 is 1.14 bits per heavy atom. The predicted molar refractivity (Wildman–Crippen MR) is 72.1 cm³/mol. The normalized spacial score (nSPS) is 12.3. The molecule has 0 saturated heterocycles. The summed E-state index contributed by atoms with van der Waals surface area (Å²) < 4.78 is 61.8. The molecular formula is C13H9F3O3S2. The Bertz CT molecular complexity index is 747. The molecular weight excluding hydrogens is 325 g/mol. The molecule has 0 fully saturated rings. The van der Waals surface area contributed by atoms with Crippen molar-refractivity contribution in [1.29, 1.82) is 0 Å². The number of carbonyl (C=O) groups excluding carboxylic acids is 1. The number of alkyl halides is 3. The molecule has 21 heavy (non-hydrogen) atoms. The quantitative estimate of drug-likeness (QED) is 0.805. The zero-order valence-electron chi connectivity index (χ0n) is 10.4. The highest BCUT2D eigenvalue weighted by Gasteiger charge is 2.32. The molecule has 3 nitrogen and oxygen atoms in total. The second kappa shape index (κ2) is 5.61. The van der Waals surface area contributed by atoms with Crippen LogP contribution in [0.25, 0.3) is 0 Å². The van der Waals surface area contributed by atoms with Crippen molar-refractivity contribution < 1.29 is 26.4 Å². The molecule has 0 aliphatic heterocycles. The number of ketones is 1. The summed E-state index contributed by atoms with van der Waals surface area (Å²) in [6.07, 6.45) is -4.64. The molecule has 8 heteroatoms. The van der Waals surface area contributed by atoms with E-state index in [1.54, 1.807) is 11.4 Å². The zero-order chi connectivity index (χ0) is 15.7. The highest BCUT2D eigenvalue weighted by atomic mass is 32.2. The van der Waals surface area contributed by atoms with Gasteiger partial charge in [0.2, 0.25) is 0 Å². The molecule has 0 atom stereocenters. The third kappa shape index (κ3) is 3.70. The summed E-state index contributed by atoms with van der Waals surface area (Å²) in [4.78, 5) is 11.5. The SMILES string of the molecule is O=C(CS(=O)(=O)c1cccc(C(F)(F)F)c1)c1cccs1. The van der Waals surface area contributed by atoms with Gasteiger partial charge in [0.05, 0.1) is 15.3 Å². The summed E-state index contributed by atoms with van der Waals surface area (Å²) in [6, 6.07) is 6.43. The third-order valence-electron chi connectivity index (χ3n) is 2.64. The van der Waals surface area contributed by atoms with E-state index in [0.717, 1.165) is 29.5 Å². The Morgan fingerprint density at radius 3 is 2.43 bits per heavy atom. The first-order chi connectivity index (χ1) is 9.70. The lowest BCUT2D eigenvalue weighted by Crippen LogP contribution is -2.16. The van der Waals surface area contributed by atoms with Crippen LogP contribution in [0.2, 0.25) is 0 Å². The molecule has 0 radical (unpaired) electrons. The summed E-state index contributed by atoms with van der Waals surface area (Å²) in [7, 11) is -4.11. The van der Waals surface area contributed by atoms with Crippen LogP contribution in [0.4, 0.5) is 13.2 Å². The van der Waals surface area contributed by atoms with Gasteiger partial charge in [0.1, 0.15) is 5.75 Å². The lowest BCUT2D eigenvalue weighted by Gasteiger charge is -2.09. The lowest BCUT2D eigenvalue weighted by atomic mass is 10.2. The van der Waals surface area contributed by atoms with Crippen molar-refractivity contribution in [3.63, 3.8) is 0 Å². The van der Waals surface area contributed by atoms with Gasteiger partial charge in [0, 0.05) is 0 Å². The molecule has 0 bridgehead atoms. The number of benzene rings is 1. The van der Waals surface area contributed by atoms with Crippen LogP contribution >= 0.6 is 11.3 Å². The van der Waals surface area contributed by atoms with E-state index in [2.05, 4.69) is 0 Å². The highest BCUT2D eigenvalue weighted by Crippen LogP contribution is 2.30. The standard InChI is InChI=1S/C13H9F3O3S2/c14-13(15,16)9-3-1-4-10(7-9)21(18,19)8-11(17)12-5-2-6-20-12/h1-7H,8H2. The molecule has 1 heterocycles. The predicted octanol–water partition coefficient (Wildman–Crippen LogP) is 3.42. The van der Waals surface area contributed by atoms with Crippen LogP contribution in [-0.4, -0.2) is 20.0 Å². The third-order valence-corrected chi connectivity index (χ3v) is 5.16. The summed E-state index contributed by atoms with van der Waals surface area (Å²) in [6.45, 7) is 0. The van der Waals surface area contributed by atoms with E-state index in [9.17, 15) is 26.4 Å². The van der Waals surface area contributed by atoms with Gasteiger partial charge < -0.3 is 0 Å². The maximum atomic E-state index is 12.6. The lowest BCUT2D eigenvalue weighted by molar-refractivity contribution is -0.137. The van der Waals surface area contributed by atoms with E-state index in [-0.39, 0.29) is 4.88 Å². The van der Waals surface area contributed by atoms with E-state index in [0.29, 0.717) is 6.07 Å². The first-order valence-electron chi connectivity index (χ1n) is 5.67. The van der Waals surface area contributed by atoms with Gasteiger partial charge in [-0.15, -0.1) is 11.3 Å². The molecule has 0 saturated carbocycles. The number of Topliss-reactive ketones (excluding diaryl/α,β-unsaturated/α-hetero) is 1. The van der Waals surface area contributed by atoms with Crippen molar-refractivity contribution in [1.82, 2.24) is 0 Å². The highest BCUT2D eigenvalue weighted by molar-refractivity contribution is 7.92. The number of carbonyl (C=O) groups is 1. The summed E-state index contributed by atoms with van der Waals surface area (Å²) in [5, 5.41) is 1.62. The van der Waals surface area contributed by atoms with Crippen molar-refractivity contribution in [2.24, 2.45) is 0 Å². The smallest absolute Gasteiger partial charge is 0.292 e. The van der Waals surface area contributed by atoms with Crippen molar-refractivity contribution in [2.45, 2.75) is 11.1 Å². The monoisotopic (exact) mass is 334 g/mol. The first-order valence-corrected chi connectivity index (χ1v) is 8.20. The van der Waals surface area contributed by atoms with Gasteiger partial charge in [-0.2, -0.15) is 13.2 Å². The number of halogens is 3. The summed E-state index contributed by atoms with van der Waals surface area (Å²) >= 11 is 1.08. The van der Waals surface area contributed by atoms with Crippen LogP contribution in [0.5, 0.6) is 0 Å². The average molecular weight is 334 g/mol. The fourth-order valence-corrected chi connectivity index (χ4v) is 3.65. The van der Waals surface area contributed by atoms with E-state index in [1.165, 1.54) is 6.07 Å². The largest absolute Gasteiger partial charge is 0.416 e. The summed E-state index contributed by atoms with van der Waals surface area (Å²) in [5.41, 5.74) is -1.06. The fraction of sp³-hybridized carbons (Fsp3) is 0.154. The van der Waals surface area contributed by atoms with Gasteiger partial charge in [-0.1, -0.05) is 12.1 Å². The number of sulfone groups is 1. The van der Waals surface area contributed by atoms with Gasteiger partial charge in [-0.25, -0.2) is 8.42 Å². The molecule has 0 N–H and O–H groups in total. The molecule has 1 aromatic heterocycles. The van der Waals surface area contributed by atoms with E-state index in [4.69, 9.17) is 0 Å². The number of thiophene rings is 1. The minimum atomic E-state index is -4.64. The fourth-order valence-electron chi connectivity index (χ4n) is 1.63. The van der Waals surface area contributed by atoms with Crippen LogP contribution in [0.15, 0.2) is 46.7 Å². The van der Waals surface area contributed by atoms with Crippen molar-refractivity contribution in [3.8, 4) is 0 Å². The average Bonchev–Trinajstić information content (AvgIpc) is 2.91. The van der Waals surface area contributed by atoms with Crippen LogP contribution in [0, 0.1) is 0 Å². The van der Waals surface area contributed by atoms with Crippen molar-refractivity contribution in [2.75, 3.05) is 5.75 Å². The van der Waals surface area contributed by atoms with Crippen LogP contribution in [-0.2, 0) is 16.0 Å². The summed E-state index contributed by atoms with van der Waals surface area (Å²) in [5.74, 6) is -1.49. The van der Waals surface area contributed by atoms with Gasteiger partial charge >= 0.3 is 6.18 Å². The molecule has 2 aromatic rings. The zero-order valence-corrected chi connectivity index (χ0v) is 12.1. The molecule has 0 aliphatic rings. The first kappa shape index (κ1) is 15.7. The Morgan fingerprint density at radius 2 is 1.86 bits per heavy atom. The van der Waals surface area contributed by atoms with E-state index < -0.39 is 38.0 Å².